The van der Waals surface area contributed by atoms with Crippen molar-refractivity contribution in [1.29, 1.82) is 0 Å². The van der Waals surface area contributed by atoms with Crippen LogP contribution in [0.15, 0.2) is 129 Å². The summed E-state index contributed by atoms with van der Waals surface area (Å²) in [7, 11) is 19.6. The van der Waals surface area contributed by atoms with E-state index < -0.39 is 68.4 Å². The summed E-state index contributed by atoms with van der Waals surface area (Å²) in [5.74, 6) is 9.31. The van der Waals surface area contributed by atoms with Gasteiger partial charge in [0.15, 0.2) is 0 Å². The van der Waals surface area contributed by atoms with E-state index in [1.165, 1.54) is 73.0 Å². The van der Waals surface area contributed by atoms with E-state index in [1.54, 1.807) is 27.8 Å². The number of alkyl halides is 3. The van der Waals surface area contributed by atoms with Crippen molar-refractivity contribution >= 4 is 83.7 Å². The van der Waals surface area contributed by atoms with Gasteiger partial charge in [0.05, 0.1) is 8.07 Å². The Labute approximate surface area is 610 Å². The average Bonchev–Trinajstić information content (AvgIpc) is 1.58. The maximum atomic E-state index is 12.5. The predicted octanol–water partition coefficient (Wildman–Crippen LogP) is 26.8. The van der Waals surface area contributed by atoms with Crippen LogP contribution in [0.3, 0.4) is 0 Å². The van der Waals surface area contributed by atoms with E-state index in [9.17, 15) is 21.6 Å². The number of halogens is 9. The van der Waals surface area contributed by atoms with Gasteiger partial charge in [0.2, 0.25) is 8.32 Å². The van der Waals surface area contributed by atoms with Gasteiger partial charge in [-0.2, -0.15) is 21.6 Å². The maximum absolute atomic E-state index is 12.5. The van der Waals surface area contributed by atoms with Crippen molar-refractivity contribution in [1.82, 2.24) is 0 Å². The Morgan fingerprint density at radius 1 is 0.574 bits per heavy atom. The van der Waals surface area contributed by atoms with E-state index in [2.05, 4.69) is 171 Å². The van der Waals surface area contributed by atoms with Gasteiger partial charge in [0, 0.05) is 37.5 Å². The van der Waals surface area contributed by atoms with Crippen LogP contribution in [0.1, 0.15) is 185 Å². The molecule has 0 radical (unpaired) electrons. The summed E-state index contributed by atoms with van der Waals surface area (Å²) in [5.41, 5.74) is 14.5. The molecule has 532 valence electrons. The number of ether oxygens (including phenoxy) is 2. The van der Waals surface area contributed by atoms with E-state index in [-0.39, 0.29) is 20.4 Å². The van der Waals surface area contributed by atoms with Gasteiger partial charge in [-0.3, -0.25) is 0 Å². The third-order valence-electron chi connectivity index (χ3n) is 21.8. The van der Waals surface area contributed by atoms with Crippen LogP contribution in [-0.4, -0.2) is 56.7 Å². The first-order chi connectivity index (χ1) is 42.7. The van der Waals surface area contributed by atoms with Crippen LogP contribution >= 0.6 is 51.1 Å². The zero-order valence-corrected chi connectivity index (χ0v) is 73.6. The van der Waals surface area contributed by atoms with E-state index >= 15 is 0 Å². The van der Waals surface area contributed by atoms with Crippen molar-refractivity contribution in [3.8, 4) is 11.1 Å². The molecule has 0 aliphatic heterocycles. The van der Waals surface area contributed by atoms with Crippen molar-refractivity contribution in [3.63, 3.8) is 0 Å². The fourth-order valence-electron chi connectivity index (χ4n) is 16.9. The number of hydrogen-bond donors (Lipinski definition) is 0. The molecule has 3 fully saturated rings. The molecule has 10 unspecified atom stereocenters. The van der Waals surface area contributed by atoms with Crippen LogP contribution in [0.4, 0.5) is 13.2 Å². The number of benzene rings is 3. The van der Waals surface area contributed by atoms with Crippen molar-refractivity contribution < 1.29 is 71.3 Å². The Balaban J connectivity index is 0.000000622. The van der Waals surface area contributed by atoms with Crippen LogP contribution in [0, 0.1) is 68.1 Å². The molecule has 0 aromatic heterocycles. The molecule has 5 nitrogen and oxygen atoms in total. The molecule has 94 heavy (non-hydrogen) atoms. The summed E-state index contributed by atoms with van der Waals surface area (Å²) in [5, 5.41) is 0. The quantitative estimate of drug-likeness (QED) is 0.0969. The van der Waals surface area contributed by atoms with Gasteiger partial charge >= 0.3 is 103 Å². The standard InChI is InChI=1S/C27H32Si.C26H40.C12H19F3O3SSi.2C4H10O.2CH3.6ClH.2Zr/c1-17-16-25-23(22-12-9-8-10-13-22)14-11-15-24(25)26(17)28(6,7)27-20(4)18(2)19(3)21(27)5;1-16-14-26-22(21-10-7-6-8-11-21)12-9-13-23(26)24(16)15-25-19(4)17(2)18(3)20(25)5;1-7-8(2)10(4)11(9(7)3)20(5,6)18-19(16,17)12(13,14)15;2*1-3-5-4-2;;;;;;;;;;/h8-16,26-27H,1-7H3;6-8,10-11,16-20,22-26H,9,12-15H2,1-5H3;11H,1-6H3;2*3-4H2,1-2H3;2*1H3;6*1H;;/q;;;;;2*-1;;;;;;;2*+4/p-6. The summed E-state index contributed by atoms with van der Waals surface area (Å²) in [4.78, 5) is 0. The van der Waals surface area contributed by atoms with E-state index in [1.807, 2.05) is 55.4 Å². The molecule has 10 atom stereocenters. The van der Waals surface area contributed by atoms with Crippen molar-refractivity contribution in [2.75, 3.05) is 26.4 Å². The van der Waals surface area contributed by atoms with Gasteiger partial charge < -0.3 is 28.2 Å². The summed E-state index contributed by atoms with van der Waals surface area (Å²) in [6, 6.07) is 29.3. The Morgan fingerprint density at radius 3 is 1.39 bits per heavy atom. The van der Waals surface area contributed by atoms with Crippen LogP contribution < -0.4 is 0 Å². The van der Waals surface area contributed by atoms with Gasteiger partial charge in [-0.05, 0) is 244 Å². The van der Waals surface area contributed by atoms with E-state index in [0.717, 1.165) is 108 Å². The second kappa shape index (κ2) is 41.3. The second-order valence-electron chi connectivity index (χ2n) is 27.6. The summed E-state index contributed by atoms with van der Waals surface area (Å²) in [6.45, 7) is 51.4. The van der Waals surface area contributed by atoms with Crippen LogP contribution in [0.25, 0.3) is 17.2 Å². The van der Waals surface area contributed by atoms with Gasteiger partial charge in [-0.25, -0.2) is 0 Å². The molecule has 3 aromatic carbocycles. The fraction of sp³-hybridized carbons (Fsp3) is 0.600. The molecule has 0 saturated heterocycles. The van der Waals surface area contributed by atoms with E-state index in [0.29, 0.717) is 11.1 Å². The summed E-state index contributed by atoms with van der Waals surface area (Å²) >= 11 is -4.12. The van der Waals surface area contributed by atoms with Crippen LogP contribution in [-0.2, 0) is 59.8 Å². The predicted molar refractivity (Wildman–Crippen MR) is 405 cm³/mol. The third kappa shape index (κ3) is 24.3. The first-order valence-electron chi connectivity index (χ1n) is 33.2. The minimum absolute atomic E-state index is 0. The molecule has 6 aliphatic rings. The first kappa shape index (κ1) is 91.9. The molecule has 0 bridgehead atoms. The Bertz CT molecular complexity index is 3020. The molecule has 3 aromatic rings. The molecule has 6 aliphatic carbocycles. The minimum atomic E-state index is -5.56. The van der Waals surface area contributed by atoms with Crippen LogP contribution in [0.5, 0.6) is 0 Å². The van der Waals surface area contributed by atoms with Crippen LogP contribution in [0.2, 0.25) is 37.3 Å². The Hall–Kier alpha value is -0.0800. The van der Waals surface area contributed by atoms with Gasteiger partial charge in [-0.1, -0.05) is 167 Å². The van der Waals surface area contributed by atoms with Crippen molar-refractivity contribution in [3.05, 3.63) is 161 Å². The van der Waals surface area contributed by atoms with E-state index in [4.69, 9.17) is 60.6 Å². The van der Waals surface area contributed by atoms with Gasteiger partial charge in [-0.15, -0.1) is 0 Å². The zero-order chi connectivity index (χ0) is 70.2. The normalized spacial score (nSPS) is 25.1. The first-order valence-corrected chi connectivity index (χ1v) is 59.7. The number of hydrogen-bond acceptors (Lipinski definition) is 5. The SMILES string of the molecule is CC1=C(C)C([Si](C)(C)OS(=O)(=O)C(F)(F)F)C(C)=C1C.CC1=Cc2c(-c3ccccc3)cccc2C1[Si](C)(C)C1C(C)=C(C)C(C)=C1C.CC1CC2C(c3ccccc3)CCCC2C1CC1C(C)C(C)C(C)C1C.CCOCC.CCOCC.[CH3-].[CH3-].[Cl][Zr+2][Cl].[Cl][Zr]([Cl])([Cl])[Cl]. The molecule has 19 heteroatoms. The molecule has 0 heterocycles. The Morgan fingerprint density at radius 2 is 0.989 bits per heavy atom. The van der Waals surface area contributed by atoms with Gasteiger partial charge in [0.1, 0.15) is 0 Å². The Kier molecular flexibility index (Phi) is 40.4. The molecular formula is C75H117Cl6F3O5SSi2Zr2. The second-order valence-corrected chi connectivity index (χ2v) is 64.3. The average molecular weight is 1640 g/mol. The topological polar surface area (TPSA) is 61.8 Å². The van der Waals surface area contributed by atoms with Crippen molar-refractivity contribution in [2.24, 2.45) is 53.3 Å². The zero-order valence-electron chi connectivity index (χ0n) is 61.3. The number of allylic oxidation sites excluding steroid dienone is 9. The molecule has 0 amide bonds. The number of fused-ring (bicyclic) bond motifs is 2. The fourth-order valence-corrected chi connectivity index (χ4v) is 27.7. The monoisotopic (exact) mass is 1630 g/mol. The summed E-state index contributed by atoms with van der Waals surface area (Å²) in [6.07, 6.45) is 9.85. The molecular weight excluding hydrogens is 1520 g/mol. The molecule has 3 saturated carbocycles. The van der Waals surface area contributed by atoms with Gasteiger partial charge in [0.25, 0.3) is 0 Å². The van der Waals surface area contributed by atoms with Crippen molar-refractivity contribution in [2.45, 2.75) is 211 Å². The molecule has 0 N–H and O–H groups in total. The summed E-state index contributed by atoms with van der Waals surface area (Å²) < 4.78 is 74.3. The molecule has 0 spiro atoms. The third-order valence-corrected chi connectivity index (χ3v) is 31.9. The molecule has 9 rings (SSSR count). The number of rotatable bonds is 13.